The molecule has 0 fully saturated rings. The fourth-order valence-electron chi connectivity index (χ4n) is 1.81. The van der Waals surface area contributed by atoms with Crippen LogP contribution in [-0.2, 0) is 17.8 Å². The van der Waals surface area contributed by atoms with E-state index in [1.54, 1.807) is 24.3 Å². The number of carbonyl (C=O) groups is 1. The molecule has 0 aliphatic carbocycles. The molecule has 3 nitrogen and oxygen atoms in total. The molecule has 20 heavy (non-hydrogen) atoms. The predicted molar refractivity (Wildman–Crippen MR) is 79.7 cm³/mol. The van der Waals surface area contributed by atoms with Gasteiger partial charge < -0.3 is 10.4 Å². The Bertz CT molecular complexity index is 513. The minimum absolute atomic E-state index is 0.00743. The summed E-state index contributed by atoms with van der Waals surface area (Å²) in [4.78, 5) is 11.7. The molecule has 0 aliphatic rings. The van der Waals surface area contributed by atoms with E-state index >= 15 is 0 Å². The molecule has 104 valence electrons. The quantitative estimate of drug-likeness (QED) is 0.887. The number of benzene rings is 2. The largest absolute Gasteiger partial charge is 0.508 e. The van der Waals surface area contributed by atoms with Gasteiger partial charge in [0.05, 0.1) is 0 Å². The molecule has 2 aromatic carbocycles. The van der Waals surface area contributed by atoms with Crippen LogP contribution in [0.25, 0.3) is 0 Å². The van der Waals surface area contributed by atoms with Gasteiger partial charge in [0.15, 0.2) is 0 Å². The fraction of sp³-hybridized carbons (Fsp3) is 0.188. The molecule has 2 rings (SSSR count). The number of nitrogens with one attached hydrogen (secondary N) is 1. The zero-order valence-corrected chi connectivity index (χ0v) is 11.7. The lowest BCUT2D eigenvalue weighted by Crippen LogP contribution is -2.22. The van der Waals surface area contributed by atoms with Crippen LogP contribution in [0.2, 0.25) is 5.02 Å². The van der Waals surface area contributed by atoms with Crippen molar-refractivity contribution in [1.29, 1.82) is 0 Å². The van der Waals surface area contributed by atoms with Crippen molar-refractivity contribution in [1.82, 2.24) is 5.32 Å². The average Bonchev–Trinajstić information content (AvgIpc) is 2.46. The highest BCUT2D eigenvalue weighted by atomic mass is 35.5. The molecule has 0 saturated heterocycles. The van der Waals surface area contributed by atoms with Gasteiger partial charge >= 0.3 is 0 Å². The maximum atomic E-state index is 11.7. The SMILES string of the molecule is O=C(CCc1ccc(O)cc1)NCc1ccc(Cl)cc1. The zero-order valence-electron chi connectivity index (χ0n) is 11.0. The first-order valence-electron chi connectivity index (χ1n) is 6.42. The molecule has 1 amide bonds. The first kappa shape index (κ1) is 14.4. The minimum Gasteiger partial charge on any atom is -0.508 e. The summed E-state index contributed by atoms with van der Waals surface area (Å²) in [6.45, 7) is 0.506. The summed E-state index contributed by atoms with van der Waals surface area (Å²) in [5.74, 6) is 0.244. The molecule has 0 aromatic heterocycles. The number of hydrogen-bond donors (Lipinski definition) is 2. The molecule has 0 bridgehead atoms. The van der Waals surface area contributed by atoms with Crippen LogP contribution in [-0.4, -0.2) is 11.0 Å². The van der Waals surface area contributed by atoms with Crippen LogP contribution in [0.1, 0.15) is 17.5 Å². The minimum atomic E-state index is 0.00743. The van der Waals surface area contributed by atoms with Gasteiger partial charge in [-0.3, -0.25) is 4.79 Å². The Balaban J connectivity index is 1.75. The molecule has 0 saturated carbocycles. The summed E-state index contributed by atoms with van der Waals surface area (Å²) in [5, 5.41) is 12.7. The molecular weight excluding hydrogens is 274 g/mol. The van der Waals surface area contributed by atoms with Gasteiger partial charge in [0, 0.05) is 18.0 Å². The van der Waals surface area contributed by atoms with E-state index < -0.39 is 0 Å². The monoisotopic (exact) mass is 289 g/mol. The summed E-state index contributed by atoms with van der Waals surface area (Å²) >= 11 is 5.80. The van der Waals surface area contributed by atoms with Crippen LogP contribution in [0.15, 0.2) is 48.5 Å². The smallest absolute Gasteiger partial charge is 0.220 e. The molecule has 0 radical (unpaired) electrons. The lowest BCUT2D eigenvalue weighted by atomic mass is 10.1. The highest BCUT2D eigenvalue weighted by molar-refractivity contribution is 6.30. The number of carbonyl (C=O) groups excluding carboxylic acids is 1. The van der Waals surface area contributed by atoms with Gasteiger partial charge in [-0.1, -0.05) is 35.9 Å². The number of halogens is 1. The van der Waals surface area contributed by atoms with Crippen molar-refractivity contribution in [2.75, 3.05) is 0 Å². The number of aromatic hydroxyl groups is 1. The van der Waals surface area contributed by atoms with Gasteiger partial charge in [0.1, 0.15) is 5.75 Å². The molecular formula is C16H16ClNO2. The van der Waals surface area contributed by atoms with Crippen LogP contribution < -0.4 is 5.32 Å². The summed E-state index contributed by atoms with van der Waals surface area (Å²) in [5.41, 5.74) is 2.05. The normalized spacial score (nSPS) is 10.2. The van der Waals surface area contributed by atoms with Crippen LogP contribution in [0, 0.1) is 0 Å². The summed E-state index contributed by atoms with van der Waals surface area (Å²) in [7, 11) is 0. The molecule has 0 spiro atoms. The number of aryl methyl sites for hydroxylation is 1. The van der Waals surface area contributed by atoms with Crippen molar-refractivity contribution in [2.24, 2.45) is 0 Å². The number of phenols is 1. The van der Waals surface area contributed by atoms with Crippen LogP contribution in [0.5, 0.6) is 5.75 Å². The first-order valence-corrected chi connectivity index (χ1v) is 6.80. The van der Waals surface area contributed by atoms with Crippen molar-refractivity contribution >= 4 is 17.5 Å². The molecule has 2 aromatic rings. The number of amides is 1. The molecule has 0 unspecified atom stereocenters. The molecule has 4 heteroatoms. The van der Waals surface area contributed by atoms with Gasteiger partial charge in [-0.05, 0) is 41.8 Å². The Morgan fingerprint density at radius 2 is 1.60 bits per heavy atom. The van der Waals surface area contributed by atoms with Crippen LogP contribution in [0.3, 0.4) is 0 Å². The molecule has 2 N–H and O–H groups in total. The second-order valence-corrected chi connectivity index (χ2v) is 5.01. The van der Waals surface area contributed by atoms with Gasteiger partial charge in [0.2, 0.25) is 5.91 Å². The Morgan fingerprint density at radius 1 is 1.00 bits per heavy atom. The molecule has 0 atom stereocenters. The van der Waals surface area contributed by atoms with E-state index in [1.165, 1.54) is 0 Å². The average molecular weight is 290 g/mol. The van der Waals surface area contributed by atoms with Crippen LogP contribution >= 0.6 is 11.6 Å². The topological polar surface area (TPSA) is 49.3 Å². The Kier molecular flexibility index (Phi) is 5.02. The van der Waals surface area contributed by atoms with E-state index in [2.05, 4.69) is 5.32 Å². The standard InChI is InChI=1S/C16H16ClNO2/c17-14-6-1-13(2-7-14)11-18-16(20)10-5-12-3-8-15(19)9-4-12/h1-4,6-9,19H,5,10-11H2,(H,18,20). The third-order valence-electron chi connectivity index (χ3n) is 2.98. The van der Waals surface area contributed by atoms with Gasteiger partial charge in [-0.2, -0.15) is 0 Å². The first-order chi connectivity index (χ1) is 9.63. The van der Waals surface area contributed by atoms with Crippen molar-refractivity contribution in [3.63, 3.8) is 0 Å². The Hall–Kier alpha value is -2.00. The van der Waals surface area contributed by atoms with Gasteiger partial charge in [-0.15, -0.1) is 0 Å². The van der Waals surface area contributed by atoms with E-state index in [4.69, 9.17) is 11.6 Å². The number of rotatable bonds is 5. The van der Waals surface area contributed by atoms with Crippen molar-refractivity contribution in [3.05, 3.63) is 64.7 Å². The Labute approximate surface area is 123 Å². The van der Waals surface area contributed by atoms with Crippen LogP contribution in [0.4, 0.5) is 0 Å². The van der Waals surface area contributed by atoms with Gasteiger partial charge in [0.25, 0.3) is 0 Å². The van der Waals surface area contributed by atoms with E-state index in [9.17, 15) is 9.90 Å². The number of phenolic OH excluding ortho intramolecular Hbond substituents is 1. The van der Waals surface area contributed by atoms with E-state index in [-0.39, 0.29) is 11.7 Å². The lowest BCUT2D eigenvalue weighted by Gasteiger charge is -2.06. The Morgan fingerprint density at radius 3 is 2.25 bits per heavy atom. The predicted octanol–water partition coefficient (Wildman–Crippen LogP) is 3.29. The van der Waals surface area contributed by atoms with Crippen molar-refractivity contribution in [2.45, 2.75) is 19.4 Å². The summed E-state index contributed by atoms with van der Waals surface area (Å²) < 4.78 is 0. The van der Waals surface area contributed by atoms with Crippen molar-refractivity contribution < 1.29 is 9.90 Å². The van der Waals surface area contributed by atoms with Crippen molar-refractivity contribution in [3.8, 4) is 5.75 Å². The van der Waals surface area contributed by atoms with E-state index in [0.717, 1.165) is 11.1 Å². The highest BCUT2D eigenvalue weighted by Crippen LogP contribution is 2.11. The second kappa shape index (κ2) is 6.96. The number of hydrogen-bond acceptors (Lipinski definition) is 2. The maximum absolute atomic E-state index is 11.7. The van der Waals surface area contributed by atoms with E-state index in [0.29, 0.717) is 24.4 Å². The van der Waals surface area contributed by atoms with E-state index in [1.807, 2.05) is 24.3 Å². The third-order valence-corrected chi connectivity index (χ3v) is 3.23. The maximum Gasteiger partial charge on any atom is 0.220 e. The third kappa shape index (κ3) is 4.59. The zero-order chi connectivity index (χ0) is 14.4. The van der Waals surface area contributed by atoms with Gasteiger partial charge in [-0.25, -0.2) is 0 Å². The highest BCUT2D eigenvalue weighted by Gasteiger charge is 2.02. The molecule has 0 aliphatic heterocycles. The summed E-state index contributed by atoms with van der Waals surface area (Å²) in [6.07, 6.45) is 1.09. The fourth-order valence-corrected chi connectivity index (χ4v) is 1.94. The molecule has 0 heterocycles. The lowest BCUT2D eigenvalue weighted by molar-refractivity contribution is -0.121. The summed E-state index contributed by atoms with van der Waals surface area (Å²) in [6, 6.07) is 14.3. The second-order valence-electron chi connectivity index (χ2n) is 4.57.